The van der Waals surface area contributed by atoms with Crippen molar-refractivity contribution < 1.29 is 14.3 Å². The van der Waals surface area contributed by atoms with Crippen molar-refractivity contribution in [2.24, 2.45) is 5.92 Å². The van der Waals surface area contributed by atoms with E-state index in [2.05, 4.69) is 27.3 Å². The van der Waals surface area contributed by atoms with E-state index in [4.69, 9.17) is 16.3 Å². The molecule has 0 saturated carbocycles. The van der Waals surface area contributed by atoms with Crippen LogP contribution in [-0.4, -0.2) is 42.0 Å². The van der Waals surface area contributed by atoms with Crippen LogP contribution in [0.5, 0.6) is 0 Å². The highest BCUT2D eigenvalue weighted by atomic mass is 35.5. The lowest BCUT2D eigenvalue weighted by molar-refractivity contribution is -0.145. The number of amides is 1. The molecule has 1 aliphatic heterocycles. The van der Waals surface area contributed by atoms with Crippen LogP contribution in [0.4, 0.5) is 5.82 Å². The number of benzene rings is 3. The number of carbonyl (C=O) groups excluding carboxylic acids is 2. The lowest BCUT2D eigenvalue weighted by atomic mass is 9.89. The summed E-state index contributed by atoms with van der Waals surface area (Å²) in [6, 6.07) is 29.3. The molecule has 1 amide bonds. The topological polar surface area (TPSA) is 71.5 Å². The van der Waals surface area contributed by atoms with Gasteiger partial charge < -0.3 is 10.1 Å². The Morgan fingerprint density at radius 2 is 1.80 bits per heavy atom. The third kappa shape index (κ3) is 5.88. The molecule has 0 unspecified atom stereocenters. The van der Waals surface area contributed by atoms with Gasteiger partial charge in [0.05, 0.1) is 23.2 Å². The predicted octanol–water partition coefficient (Wildman–Crippen LogP) is 7.26. The van der Waals surface area contributed by atoms with Gasteiger partial charge in [-0.1, -0.05) is 60.1 Å². The number of anilines is 1. The first-order valence-corrected chi connectivity index (χ1v) is 14.6. The largest absolute Gasteiger partial charge is 0.469 e. The Morgan fingerprint density at radius 1 is 1.00 bits per heavy atom. The second kappa shape index (κ2) is 11.8. The molecule has 0 spiro atoms. The molecule has 206 valence electrons. The summed E-state index contributed by atoms with van der Waals surface area (Å²) in [4.78, 5) is 33.0. The second-order valence-electron chi connectivity index (χ2n) is 10.2. The number of ether oxygens (including phenoxy) is 1. The molecule has 6 rings (SSSR count). The lowest BCUT2D eigenvalue weighted by Gasteiger charge is -2.20. The normalized spacial score (nSPS) is 17.0. The molecule has 1 saturated heterocycles. The number of halogens is 1. The van der Waals surface area contributed by atoms with E-state index >= 15 is 0 Å². The molecule has 3 heterocycles. The van der Waals surface area contributed by atoms with Crippen molar-refractivity contribution in [3.8, 4) is 11.1 Å². The molecule has 3 aromatic carbocycles. The highest BCUT2D eigenvalue weighted by Crippen LogP contribution is 2.36. The van der Waals surface area contributed by atoms with Gasteiger partial charge in [0.1, 0.15) is 5.82 Å². The van der Waals surface area contributed by atoms with Crippen molar-refractivity contribution >= 4 is 50.8 Å². The van der Waals surface area contributed by atoms with E-state index in [-0.39, 0.29) is 23.7 Å². The summed E-state index contributed by atoms with van der Waals surface area (Å²) in [6.07, 6.45) is 0. The number of carbonyl (C=O) groups is 2. The SMILES string of the molecule is COC(=O)[C@H]1CN(Cc2cc(C(=O)Nc3ccc4sccc4n3)ccc2-c2ccccc2)C[C@@H]1c1ccc(Cl)cc1. The number of rotatable bonds is 7. The van der Waals surface area contributed by atoms with E-state index in [1.54, 1.807) is 11.3 Å². The van der Waals surface area contributed by atoms with Gasteiger partial charge in [-0.3, -0.25) is 14.5 Å². The molecule has 6 nitrogen and oxygen atoms in total. The zero-order valence-corrected chi connectivity index (χ0v) is 24.0. The summed E-state index contributed by atoms with van der Waals surface area (Å²) in [5, 5.41) is 5.60. The number of esters is 1. The molecule has 0 aliphatic carbocycles. The van der Waals surface area contributed by atoms with E-state index in [1.807, 2.05) is 84.2 Å². The fraction of sp³-hybridized carbons (Fsp3) is 0.182. The zero-order valence-electron chi connectivity index (χ0n) is 22.4. The zero-order chi connectivity index (χ0) is 28.3. The quantitative estimate of drug-likeness (QED) is 0.205. The maximum absolute atomic E-state index is 13.3. The number of hydrogen-bond acceptors (Lipinski definition) is 6. The van der Waals surface area contributed by atoms with Crippen molar-refractivity contribution in [2.75, 3.05) is 25.5 Å². The van der Waals surface area contributed by atoms with Gasteiger partial charge in [-0.2, -0.15) is 0 Å². The first-order valence-electron chi connectivity index (χ1n) is 13.4. The molecule has 8 heteroatoms. The Morgan fingerprint density at radius 3 is 2.59 bits per heavy atom. The average Bonchev–Trinajstić information content (AvgIpc) is 3.64. The molecule has 1 fully saturated rings. The molecule has 1 N–H and O–H groups in total. The van der Waals surface area contributed by atoms with E-state index in [9.17, 15) is 9.59 Å². The minimum Gasteiger partial charge on any atom is -0.469 e. The summed E-state index contributed by atoms with van der Waals surface area (Å²) in [7, 11) is 1.44. The molecular formula is C33H28ClN3O3S. The average molecular weight is 582 g/mol. The van der Waals surface area contributed by atoms with Crippen LogP contribution in [0.3, 0.4) is 0 Å². The number of fused-ring (bicyclic) bond motifs is 1. The summed E-state index contributed by atoms with van der Waals surface area (Å²) < 4.78 is 6.25. The molecule has 2 atom stereocenters. The van der Waals surface area contributed by atoms with Gasteiger partial charge >= 0.3 is 5.97 Å². The fourth-order valence-electron chi connectivity index (χ4n) is 5.57. The third-order valence-electron chi connectivity index (χ3n) is 7.59. The predicted molar refractivity (Wildman–Crippen MR) is 164 cm³/mol. The van der Waals surface area contributed by atoms with Crippen LogP contribution in [0.25, 0.3) is 21.3 Å². The highest BCUT2D eigenvalue weighted by molar-refractivity contribution is 7.17. The Balaban J connectivity index is 1.29. The van der Waals surface area contributed by atoms with Crippen LogP contribution < -0.4 is 5.32 Å². The van der Waals surface area contributed by atoms with Crippen molar-refractivity contribution in [3.63, 3.8) is 0 Å². The smallest absolute Gasteiger partial charge is 0.310 e. The van der Waals surface area contributed by atoms with Crippen LogP contribution in [0, 0.1) is 5.92 Å². The molecule has 41 heavy (non-hydrogen) atoms. The van der Waals surface area contributed by atoms with Gasteiger partial charge in [0, 0.05) is 36.1 Å². The van der Waals surface area contributed by atoms with Crippen molar-refractivity contribution in [1.82, 2.24) is 9.88 Å². The molecule has 0 bridgehead atoms. The monoisotopic (exact) mass is 581 g/mol. The first-order chi connectivity index (χ1) is 20.0. The van der Waals surface area contributed by atoms with E-state index in [0.717, 1.165) is 32.5 Å². The number of nitrogens with one attached hydrogen (secondary N) is 1. The Hall–Kier alpha value is -4.04. The Kier molecular flexibility index (Phi) is 7.83. The van der Waals surface area contributed by atoms with Crippen LogP contribution in [0.1, 0.15) is 27.4 Å². The molecule has 1 aliphatic rings. The van der Waals surface area contributed by atoms with Crippen molar-refractivity contribution in [3.05, 3.63) is 118 Å². The Labute approximate surface area is 247 Å². The van der Waals surface area contributed by atoms with Crippen LogP contribution in [0.15, 0.2) is 96.4 Å². The van der Waals surface area contributed by atoms with Gasteiger partial charge in [-0.25, -0.2) is 4.98 Å². The minimum atomic E-state index is -0.300. The number of hydrogen-bond donors (Lipinski definition) is 1. The minimum absolute atomic E-state index is 0.0236. The van der Waals surface area contributed by atoms with Crippen molar-refractivity contribution in [2.45, 2.75) is 12.5 Å². The number of methoxy groups -OCH3 is 1. The van der Waals surface area contributed by atoms with E-state index in [1.165, 1.54) is 7.11 Å². The third-order valence-corrected chi connectivity index (χ3v) is 8.72. The Bertz CT molecular complexity index is 1700. The number of thiophene rings is 1. The van der Waals surface area contributed by atoms with Crippen LogP contribution in [0.2, 0.25) is 5.02 Å². The fourth-order valence-corrected chi connectivity index (χ4v) is 6.42. The lowest BCUT2D eigenvalue weighted by Crippen LogP contribution is -2.25. The standard InChI is InChI=1S/C33H28ClN3O3S/c1-40-33(39)28-20-37(19-27(28)22-7-10-25(34)11-8-22)18-24-17-23(9-12-26(24)21-5-3-2-4-6-21)32(38)36-31-14-13-30-29(35-31)15-16-41-30/h2-17,27-28H,18-20H2,1H3,(H,35,36,38)/t27-,28+/m1/s1. The highest BCUT2D eigenvalue weighted by Gasteiger charge is 2.39. The van der Waals surface area contributed by atoms with Gasteiger partial charge in [-0.05, 0) is 70.1 Å². The van der Waals surface area contributed by atoms with Gasteiger partial charge in [0.2, 0.25) is 0 Å². The molecule has 0 radical (unpaired) electrons. The molecular weight excluding hydrogens is 554 g/mol. The number of aromatic nitrogens is 1. The summed E-state index contributed by atoms with van der Waals surface area (Å²) in [5.74, 6) is -0.254. The van der Waals surface area contributed by atoms with Gasteiger partial charge in [0.25, 0.3) is 5.91 Å². The van der Waals surface area contributed by atoms with E-state index < -0.39 is 0 Å². The summed E-state index contributed by atoms with van der Waals surface area (Å²) >= 11 is 7.75. The van der Waals surface area contributed by atoms with Gasteiger partial charge in [-0.15, -0.1) is 11.3 Å². The summed E-state index contributed by atoms with van der Waals surface area (Å²) in [5.41, 5.74) is 5.58. The van der Waals surface area contributed by atoms with Crippen molar-refractivity contribution in [1.29, 1.82) is 0 Å². The summed E-state index contributed by atoms with van der Waals surface area (Å²) in [6.45, 7) is 1.80. The van der Waals surface area contributed by atoms with Gasteiger partial charge in [0.15, 0.2) is 0 Å². The molecule has 2 aromatic heterocycles. The van der Waals surface area contributed by atoms with Crippen LogP contribution >= 0.6 is 22.9 Å². The number of pyridine rings is 1. The first kappa shape index (κ1) is 27.1. The van der Waals surface area contributed by atoms with E-state index in [0.29, 0.717) is 36.0 Å². The van der Waals surface area contributed by atoms with Crippen LogP contribution in [-0.2, 0) is 16.1 Å². The molecule has 5 aromatic rings. The number of nitrogens with zero attached hydrogens (tertiary/aromatic N) is 2. The maximum Gasteiger partial charge on any atom is 0.310 e. The second-order valence-corrected chi connectivity index (χ2v) is 11.6. The number of likely N-dealkylation sites (tertiary alicyclic amines) is 1. The maximum atomic E-state index is 13.3.